The van der Waals surface area contributed by atoms with Gasteiger partial charge < -0.3 is 10.1 Å². The molecule has 0 aromatic heterocycles. The van der Waals surface area contributed by atoms with E-state index >= 15 is 0 Å². The normalized spacial score (nSPS) is 10.7. The maximum atomic E-state index is 5.44. The van der Waals surface area contributed by atoms with E-state index in [0.717, 1.165) is 18.2 Å². The van der Waals surface area contributed by atoms with Gasteiger partial charge in [-0.3, -0.25) is 0 Å². The zero-order valence-corrected chi connectivity index (χ0v) is 11.8. The number of methoxy groups -OCH3 is 1. The van der Waals surface area contributed by atoms with Gasteiger partial charge in [-0.15, -0.1) is 0 Å². The molecule has 0 bridgehead atoms. The second-order valence-electron chi connectivity index (χ2n) is 4.65. The number of hydrogen-bond donors (Lipinski definition) is 1. The first-order valence-electron chi connectivity index (χ1n) is 6.52. The first kappa shape index (κ1) is 13.9. The molecule has 2 heteroatoms. The molecule has 0 saturated carbocycles. The van der Waals surface area contributed by atoms with E-state index in [1.165, 1.54) is 29.7 Å². The third kappa shape index (κ3) is 3.39. The predicted octanol–water partition coefficient (Wildman–Crippen LogP) is 4.16. The van der Waals surface area contributed by atoms with Gasteiger partial charge in [-0.25, -0.2) is 0 Å². The summed E-state index contributed by atoms with van der Waals surface area (Å²) in [5.41, 5.74) is 3.59. The SMILES string of the molecule is CCC(CC)CNc1ccc(C)c(OC)c1C. The van der Waals surface area contributed by atoms with Gasteiger partial charge in [0.1, 0.15) is 5.75 Å². The third-order valence-electron chi connectivity index (χ3n) is 3.54. The van der Waals surface area contributed by atoms with Gasteiger partial charge >= 0.3 is 0 Å². The fourth-order valence-electron chi connectivity index (χ4n) is 2.16. The van der Waals surface area contributed by atoms with Crippen LogP contribution in [0.1, 0.15) is 37.8 Å². The Kier molecular flexibility index (Phi) is 5.33. The van der Waals surface area contributed by atoms with E-state index < -0.39 is 0 Å². The van der Waals surface area contributed by atoms with Crippen LogP contribution in [0.4, 0.5) is 5.69 Å². The minimum absolute atomic E-state index is 0.752. The Labute approximate surface area is 105 Å². The number of benzene rings is 1. The van der Waals surface area contributed by atoms with Crippen LogP contribution in [0.5, 0.6) is 5.75 Å². The van der Waals surface area contributed by atoms with Crippen molar-refractivity contribution < 1.29 is 4.74 Å². The Morgan fingerprint density at radius 3 is 2.35 bits per heavy atom. The van der Waals surface area contributed by atoms with Gasteiger partial charge in [0, 0.05) is 17.8 Å². The molecule has 2 nitrogen and oxygen atoms in total. The first-order valence-corrected chi connectivity index (χ1v) is 6.52. The van der Waals surface area contributed by atoms with Crippen LogP contribution in [0.2, 0.25) is 0 Å². The predicted molar refractivity (Wildman–Crippen MR) is 75.0 cm³/mol. The van der Waals surface area contributed by atoms with Crippen molar-refractivity contribution in [3.05, 3.63) is 23.3 Å². The molecule has 1 aromatic rings. The van der Waals surface area contributed by atoms with E-state index in [2.05, 4.69) is 45.1 Å². The summed E-state index contributed by atoms with van der Waals surface area (Å²) in [6.45, 7) is 9.73. The number of anilines is 1. The van der Waals surface area contributed by atoms with Crippen LogP contribution in [-0.2, 0) is 0 Å². The fraction of sp³-hybridized carbons (Fsp3) is 0.600. The molecule has 0 spiro atoms. The van der Waals surface area contributed by atoms with Gasteiger partial charge in [-0.2, -0.15) is 0 Å². The summed E-state index contributed by atoms with van der Waals surface area (Å²) in [5, 5.41) is 3.54. The number of ether oxygens (including phenoxy) is 1. The number of nitrogens with one attached hydrogen (secondary N) is 1. The first-order chi connectivity index (χ1) is 8.13. The lowest BCUT2D eigenvalue weighted by Gasteiger charge is -2.18. The topological polar surface area (TPSA) is 21.3 Å². The van der Waals surface area contributed by atoms with E-state index in [1.807, 2.05) is 0 Å². The Morgan fingerprint density at radius 2 is 1.82 bits per heavy atom. The number of rotatable bonds is 6. The van der Waals surface area contributed by atoms with Crippen molar-refractivity contribution >= 4 is 5.69 Å². The third-order valence-corrected chi connectivity index (χ3v) is 3.54. The van der Waals surface area contributed by atoms with Gasteiger partial charge in [0.05, 0.1) is 7.11 Å². The van der Waals surface area contributed by atoms with Crippen molar-refractivity contribution in [2.24, 2.45) is 5.92 Å². The molecular formula is C15H25NO. The van der Waals surface area contributed by atoms with Crippen molar-refractivity contribution in [1.29, 1.82) is 0 Å². The van der Waals surface area contributed by atoms with E-state index in [-0.39, 0.29) is 0 Å². The summed E-state index contributed by atoms with van der Waals surface area (Å²) in [6, 6.07) is 4.26. The van der Waals surface area contributed by atoms with Crippen LogP contribution < -0.4 is 10.1 Å². The van der Waals surface area contributed by atoms with Gasteiger partial charge in [0.15, 0.2) is 0 Å². The molecule has 0 aliphatic carbocycles. The minimum atomic E-state index is 0.752. The molecule has 0 aliphatic heterocycles. The molecule has 0 aliphatic rings. The summed E-state index contributed by atoms with van der Waals surface area (Å²) in [6.07, 6.45) is 2.46. The van der Waals surface area contributed by atoms with E-state index in [9.17, 15) is 0 Å². The highest BCUT2D eigenvalue weighted by atomic mass is 16.5. The van der Waals surface area contributed by atoms with Crippen molar-refractivity contribution in [3.8, 4) is 5.75 Å². The zero-order chi connectivity index (χ0) is 12.8. The Morgan fingerprint density at radius 1 is 1.18 bits per heavy atom. The molecule has 0 radical (unpaired) electrons. The maximum absolute atomic E-state index is 5.44. The maximum Gasteiger partial charge on any atom is 0.126 e. The highest BCUT2D eigenvalue weighted by Crippen LogP contribution is 2.29. The minimum Gasteiger partial charge on any atom is -0.496 e. The number of hydrogen-bond acceptors (Lipinski definition) is 2. The molecule has 96 valence electrons. The lowest BCUT2D eigenvalue weighted by molar-refractivity contribution is 0.408. The highest BCUT2D eigenvalue weighted by Gasteiger charge is 2.09. The average molecular weight is 235 g/mol. The average Bonchev–Trinajstić information content (AvgIpc) is 2.33. The molecular weight excluding hydrogens is 210 g/mol. The summed E-state index contributed by atoms with van der Waals surface area (Å²) >= 11 is 0. The Bertz CT molecular complexity index is 356. The lowest BCUT2D eigenvalue weighted by Crippen LogP contribution is -2.13. The molecule has 17 heavy (non-hydrogen) atoms. The van der Waals surface area contributed by atoms with Crippen LogP contribution in [0.25, 0.3) is 0 Å². The van der Waals surface area contributed by atoms with Gasteiger partial charge in [-0.05, 0) is 31.4 Å². The van der Waals surface area contributed by atoms with Crippen LogP contribution in [0, 0.1) is 19.8 Å². The zero-order valence-electron chi connectivity index (χ0n) is 11.8. The summed E-state index contributed by atoms with van der Waals surface area (Å²) in [4.78, 5) is 0. The van der Waals surface area contributed by atoms with Crippen molar-refractivity contribution in [1.82, 2.24) is 0 Å². The van der Waals surface area contributed by atoms with Gasteiger partial charge in [-0.1, -0.05) is 32.8 Å². The molecule has 0 fully saturated rings. The Balaban J connectivity index is 2.78. The second-order valence-corrected chi connectivity index (χ2v) is 4.65. The van der Waals surface area contributed by atoms with Crippen molar-refractivity contribution in [2.75, 3.05) is 19.0 Å². The number of aryl methyl sites for hydroxylation is 1. The van der Waals surface area contributed by atoms with Crippen molar-refractivity contribution in [2.45, 2.75) is 40.5 Å². The largest absolute Gasteiger partial charge is 0.496 e. The summed E-state index contributed by atoms with van der Waals surface area (Å²) in [5.74, 6) is 1.75. The fourth-order valence-corrected chi connectivity index (χ4v) is 2.16. The van der Waals surface area contributed by atoms with Crippen LogP contribution in [-0.4, -0.2) is 13.7 Å². The molecule has 1 aromatic carbocycles. The standard InChI is InChI=1S/C15H25NO/c1-6-13(7-2)10-16-14-9-8-11(3)15(17-5)12(14)4/h8-9,13,16H,6-7,10H2,1-5H3. The van der Waals surface area contributed by atoms with Gasteiger partial charge in [0.25, 0.3) is 0 Å². The molecule has 1 N–H and O–H groups in total. The van der Waals surface area contributed by atoms with Crippen molar-refractivity contribution in [3.63, 3.8) is 0 Å². The van der Waals surface area contributed by atoms with Gasteiger partial charge in [0.2, 0.25) is 0 Å². The summed E-state index contributed by atoms with van der Waals surface area (Å²) < 4.78 is 5.44. The van der Waals surface area contributed by atoms with E-state index in [4.69, 9.17) is 4.74 Å². The molecule has 0 atom stereocenters. The molecule has 0 heterocycles. The smallest absolute Gasteiger partial charge is 0.126 e. The highest BCUT2D eigenvalue weighted by molar-refractivity contribution is 5.59. The quantitative estimate of drug-likeness (QED) is 0.799. The molecule has 0 amide bonds. The van der Waals surface area contributed by atoms with Crippen LogP contribution in [0.3, 0.4) is 0 Å². The van der Waals surface area contributed by atoms with E-state index in [1.54, 1.807) is 7.11 Å². The monoisotopic (exact) mass is 235 g/mol. The molecule has 0 saturated heterocycles. The Hall–Kier alpha value is -1.18. The molecule has 0 unspecified atom stereocenters. The molecule has 1 rings (SSSR count). The lowest BCUT2D eigenvalue weighted by atomic mass is 10.0. The van der Waals surface area contributed by atoms with Crippen LogP contribution in [0.15, 0.2) is 12.1 Å². The second kappa shape index (κ2) is 6.53. The van der Waals surface area contributed by atoms with Crippen LogP contribution >= 0.6 is 0 Å². The van der Waals surface area contributed by atoms with E-state index in [0.29, 0.717) is 0 Å². The summed E-state index contributed by atoms with van der Waals surface area (Å²) in [7, 11) is 1.74.